The van der Waals surface area contributed by atoms with Crippen LogP contribution in [0.25, 0.3) is 0 Å². The highest BCUT2D eigenvalue weighted by molar-refractivity contribution is 4.90. The van der Waals surface area contributed by atoms with Crippen LogP contribution in [0.5, 0.6) is 0 Å². The maximum atomic E-state index is 5.35. The molecule has 0 aromatic rings. The van der Waals surface area contributed by atoms with Crippen molar-refractivity contribution in [2.75, 3.05) is 0 Å². The number of epoxide rings is 1. The van der Waals surface area contributed by atoms with Gasteiger partial charge in [-0.25, -0.2) is 0 Å². The van der Waals surface area contributed by atoms with Gasteiger partial charge in [0, 0.05) is 0 Å². The van der Waals surface area contributed by atoms with Gasteiger partial charge < -0.3 is 4.74 Å². The molecule has 8 heavy (non-hydrogen) atoms. The molecule has 46 valence electrons. The number of fused-ring (bicyclic) bond motifs is 1. The Hall–Kier alpha value is -0.0400. The summed E-state index contributed by atoms with van der Waals surface area (Å²) in [5.74, 6) is 0.929. The fourth-order valence-corrected chi connectivity index (χ4v) is 1.60. The molecule has 0 aromatic carbocycles. The molecule has 1 saturated heterocycles. The molecule has 2 fully saturated rings. The molecular weight excluding hydrogens is 100 g/mol. The third-order valence-electron chi connectivity index (χ3n) is 2.27. The minimum Gasteiger partial charge on any atom is -0.370 e. The summed E-state index contributed by atoms with van der Waals surface area (Å²) in [5, 5.41) is 0. The first-order valence-corrected chi connectivity index (χ1v) is 3.52. The Kier molecular flexibility index (Phi) is 0.884. The van der Waals surface area contributed by atoms with Gasteiger partial charge in [0.1, 0.15) is 0 Å². The zero-order chi connectivity index (χ0) is 5.56. The summed E-state index contributed by atoms with van der Waals surface area (Å²) in [4.78, 5) is 0. The molecule has 0 spiro atoms. The third kappa shape index (κ3) is 0.655. The molecule has 0 bridgehead atoms. The molecule has 1 heteroatoms. The first-order valence-electron chi connectivity index (χ1n) is 3.52. The van der Waals surface area contributed by atoms with E-state index in [9.17, 15) is 0 Å². The standard InChI is InChI=1S/C7H12O/c1-5-2-3-6-7(4-5)8-6/h5-7H,2-4H2,1H3/t5-,6?,7?/m0/s1. The Bertz CT molecular complexity index is 101. The van der Waals surface area contributed by atoms with Crippen molar-refractivity contribution in [3.05, 3.63) is 0 Å². The quantitative estimate of drug-likeness (QED) is 0.433. The highest BCUT2D eigenvalue weighted by Gasteiger charge is 2.42. The second-order valence-electron chi connectivity index (χ2n) is 3.13. The molecule has 2 unspecified atom stereocenters. The van der Waals surface area contributed by atoms with Gasteiger partial charge in [-0.2, -0.15) is 0 Å². The summed E-state index contributed by atoms with van der Waals surface area (Å²) in [6.07, 6.45) is 5.41. The Balaban J connectivity index is 1.93. The van der Waals surface area contributed by atoms with Crippen LogP contribution in [0.4, 0.5) is 0 Å². The van der Waals surface area contributed by atoms with E-state index in [0.29, 0.717) is 12.2 Å². The van der Waals surface area contributed by atoms with E-state index in [2.05, 4.69) is 6.92 Å². The molecule has 0 aromatic heterocycles. The summed E-state index contributed by atoms with van der Waals surface area (Å²) in [5.41, 5.74) is 0. The first-order chi connectivity index (χ1) is 3.86. The Morgan fingerprint density at radius 1 is 1.25 bits per heavy atom. The van der Waals surface area contributed by atoms with E-state index in [0.717, 1.165) is 5.92 Å². The van der Waals surface area contributed by atoms with Crippen molar-refractivity contribution in [2.24, 2.45) is 5.92 Å². The molecule has 1 saturated carbocycles. The van der Waals surface area contributed by atoms with Gasteiger partial charge in [-0.3, -0.25) is 0 Å². The normalized spacial score (nSPS) is 52.9. The minimum absolute atomic E-state index is 0.679. The molecular formula is C7H12O. The van der Waals surface area contributed by atoms with Crippen LogP contribution < -0.4 is 0 Å². The zero-order valence-corrected chi connectivity index (χ0v) is 5.26. The number of ether oxygens (including phenoxy) is 1. The van der Waals surface area contributed by atoms with Crippen LogP contribution in [0.2, 0.25) is 0 Å². The summed E-state index contributed by atoms with van der Waals surface area (Å²) in [6, 6.07) is 0. The van der Waals surface area contributed by atoms with Gasteiger partial charge in [-0.1, -0.05) is 6.92 Å². The van der Waals surface area contributed by atoms with Crippen molar-refractivity contribution in [1.29, 1.82) is 0 Å². The lowest BCUT2D eigenvalue weighted by Gasteiger charge is -2.11. The molecule has 1 nitrogen and oxygen atoms in total. The van der Waals surface area contributed by atoms with E-state index in [1.165, 1.54) is 19.3 Å². The monoisotopic (exact) mass is 112 g/mol. The van der Waals surface area contributed by atoms with Gasteiger partial charge in [0.2, 0.25) is 0 Å². The summed E-state index contributed by atoms with van der Waals surface area (Å²) >= 11 is 0. The number of rotatable bonds is 0. The molecule has 0 amide bonds. The van der Waals surface area contributed by atoms with Crippen LogP contribution in [-0.4, -0.2) is 12.2 Å². The van der Waals surface area contributed by atoms with Gasteiger partial charge in [-0.15, -0.1) is 0 Å². The summed E-state index contributed by atoms with van der Waals surface area (Å²) in [7, 11) is 0. The van der Waals surface area contributed by atoms with E-state index in [1.54, 1.807) is 0 Å². The Labute approximate surface area is 50.0 Å². The lowest BCUT2D eigenvalue weighted by Crippen LogP contribution is -2.09. The number of hydrogen-bond donors (Lipinski definition) is 0. The summed E-state index contributed by atoms with van der Waals surface area (Å²) in [6.45, 7) is 2.32. The van der Waals surface area contributed by atoms with Gasteiger partial charge in [-0.05, 0) is 25.2 Å². The lowest BCUT2D eigenvalue weighted by molar-refractivity contribution is 0.367. The van der Waals surface area contributed by atoms with Crippen molar-refractivity contribution in [2.45, 2.75) is 38.4 Å². The molecule has 1 aliphatic heterocycles. The lowest BCUT2D eigenvalue weighted by atomic mass is 9.91. The highest BCUT2D eigenvalue weighted by atomic mass is 16.6. The van der Waals surface area contributed by atoms with E-state index in [1.807, 2.05) is 0 Å². The second-order valence-corrected chi connectivity index (χ2v) is 3.13. The van der Waals surface area contributed by atoms with Crippen molar-refractivity contribution >= 4 is 0 Å². The molecule has 0 radical (unpaired) electrons. The molecule has 2 rings (SSSR count). The smallest absolute Gasteiger partial charge is 0.0844 e. The number of hydrogen-bond acceptors (Lipinski definition) is 1. The van der Waals surface area contributed by atoms with E-state index in [-0.39, 0.29) is 0 Å². The fraction of sp³-hybridized carbons (Fsp3) is 1.00. The molecule has 3 atom stereocenters. The zero-order valence-electron chi connectivity index (χ0n) is 5.26. The second kappa shape index (κ2) is 1.47. The van der Waals surface area contributed by atoms with E-state index in [4.69, 9.17) is 4.74 Å². The Morgan fingerprint density at radius 3 is 2.75 bits per heavy atom. The average molecular weight is 112 g/mol. The third-order valence-corrected chi connectivity index (χ3v) is 2.27. The molecule has 1 aliphatic carbocycles. The van der Waals surface area contributed by atoms with Crippen molar-refractivity contribution in [3.63, 3.8) is 0 Å². The van der Waals surface area contributed by atoms with Crippen LogP contribution >= 0.6 is 0 Å². The Morgan fingerprint density at radius 2 is 2.12 bits per heavy atom. The van der Waals surface area contributed by atoms with Gasteiger partial charge >= 0.3 is 0 Å². The van der Waals surface area contributed by atoms with Gasteiger partial charge in [0.15, 0.2) is 0 Å². The largest absolute Gasteiger partial charge is 0.370 e. The minimum atomic E-state index is 0.679. The fourth-order valence-electron chi connectivity index (χ4n) is 1.60. The van der Waals surface area contributed by atoms with E-state index >= 15 is 0 Å². The topological polar surface area (TPSA) is 12.5 Å². The van der Waals surface area contributed by atoms with E-state index < -0.39 is 0 Å². The maximum Gasteiger partial charge on any atom is 0.0844 e. The van der Waals surface area contributed by atoms with Gasteiger partial charge in [0.25, 0.3) is 0 Å². The van der Waals surface area contributed by atoms with Crippen LogP contribution in [0.3, 0.4) is 0 Å². The maximum absolute atomic E-state index is 5.35. The SMILES string of the molecule is C[C@H]1CCC2OC2C1. The first kappa shape index (κ1) is 4.80. The molecule has 1 heterocycles. The highest BCUT2D eigenvalue weighted by Crippen LogP contribution is 2.38. The predicted octanol–water partition coefficient (Wildman–Crippen LogP) is 1.57. The van der Waals surface area contributed by atoms with Gasteiger partial charge in [0.05, 0.1) is 12.2 Å². The average Bonchev–Trinajstić information content (AvgIpc) is 2.43. The molecule has 0 N–H and O–H groups in total. The van der Waals surface area contributed by atoms with Crippen LogP contribution in [0, 0.1) is 5.92 Å². The summed E-state index contributed by atoms with van der Waals surface area (Å²) < 4.78 is 5.35. The predicted molar refractivity (Wildman–Crippen MR) is 31.7 cm³/mol. The van der Waals surface area contributed by atoms with Crippen molar-refractivity contribution in [3.8, 4) is 0 Å². The molecule has 2 aliphatic rings. The van der Waals surface area contributed by atoms with Crippen LogP contribution in [0.1, 0.15) is 26.2 Å². The van der Waals surface area contributed by atoms with Crippen LogP contribution in [-0.2, 0) is 4.74 Å². The van der Waals surface area contributed by atoms with Crippen LogP contribution in [0.15, 0.2) is 0 Å². The van der Waals surface area contributed by atoms with Crippen molar-refractivity contribution < 1.29 is 4.74 Å². The van der Waals surface area contributed by atoms with Crippen molar-refractivity contribution in [1.82, 2.24) is 0 Å².